The first kappa shape index (κ1) is 20.4. The number of amides is 2. The lowest BCUT2D eigenvalue weighted by Gasteiger charge is -2.47. The van der Waals surface area contributed by atoms with E-state index in [1.807, 2.05) is 0 Å². The number of carboxylic acids is 1. The van der Waals surface area contributed by atoms with E-state index in [9.17, 15) is 24.6 Å². The predicted octanol–water partition coefficient (Wildman–Crippen LogP) is 0.997. The number of phenols is 1. The van der Waals surface area contributed by atoms with Gasteiger partial charge in [-0.2, -0.15) is 0 Å². The fraction of sp³-hybridized carbons (Fsp3) is 0.263. The van der Waals surface area contributed by atoms with Crippen molar-refractivity contribution in [3.63, 3.8) is 0 Å². The molecule has 0 aliphatic carbocycles. The Morgan fingerprint density at radius 1 is 1.45 bits per heavy atom. The number of carbonyl (C=O) groups is 3. The number of β-lactam (4-membered cyclic amide) rings is 1. The van der Waals surface area contributed by atoms with Gasteiger partial charge < -0.3 is 21.3 Å². The number of benzene rings is 1. The Kier molecular flexibility index (Phi) is 5.37. The maximum absolute atomic E-state index is 12.8. The number of aromatic hydroxyl groups is 1. The second-order valence-corrected chi connectivity index (χ2v) is 7.62. The highest BCUT2D eigenvalue weighted by atomic mass is 32.2. The molecule has 9 nitrogen and oxygen atoms in total. The molecule has 0 bridgehead atoms. The van der Waals surface area contributed by atoms with E-state index in [1.54, 1.807) is 19.1 Å². The van der Waals surface area contributed by atoms with E-state index in [0.717, 1.165) is 16.7 Å². The van der Waals surface area contributed by atoms with Gasteiger partial charge in [-0.15, -0.1) is 0 Å². The zero-order valence-corrected chi connectivity index (χ0v) is 16.2. The average molecular weight is 415 g/mol. The van der Waals surface area contributed by atoms with Crippen molar-refractivity contribution in [2.24, 2.45) is 5.73 Å². The van der Waals surface area contributed by atoms with Gasteiger partial charge in [0, 0.05) is 5.75 Å². The van der Waals surface area contributed by atoms with Crippen LogP contribution < -0.4 is 11.1 Å². The van der Waals surface area contributed by atoms with Crippen LogP contribution in [-0.2, 0) is 14.4 Å². The molecule has 1 aromatic rings. The second-order valence-electron chi connectivity index (χ2n) is 6.44. The van der Waals surface area contributed by atoms with Gasteiger partial charge in [0.15, 0.2) is 0 Å². The van der Waals surface area contributed by atoms with Crippen molar-refractivity contribution in [1.82, 2.24) is 10.2 Å². The molecule has 29 heavy (non-hydrogen) atoms. The minimum absolute atomic E-state index is 0.0237. The number of carboxylic acid groups (broad SMARTS) is 1. The molecule has 0 saturated carbocycles. The molecule has 0 radical (unpaired) electrons. The van der Waals surface area contributed by atoms with Gasteiger partial charge in [0.1, 0.15) is 17.5 Å². The molecular weight excluding hydrogens is 396 g/mol. The molecular formula is C19H19N4O5S+. The molecule has 150 valence electrons. The maximum Gasteiger partial charge on any atom is 0.439 e. The number of carbonyl (C=O) groups excluding carboxylic acids is 2. The number of hydrogen-bond acceptors (Lipinski definition) is 6. The number of nitrogens with zero attached hydrogens (tertiary/aromatic N) is 2. The number of hydrogen-bond donors (Lipinski definition) is 4. The molecule has 0 aromatic heterocycles. The Hall–Kier alpha value is -3.29. The summed E-state index contributed by atoms with van der Waals surface area (Å²) < 4.78 is 0. The molecule has 2 heterocycles. The summed E-state index contributed by atoms with van der Waals surface area (Å²) in [6.45, 7) is 7.29. The van der Waals surface area contributed by atoms with E-state index in [2.05, 4.69) is 10.2 Å². The molecule has 0 unspecified atom stereocenters. The lowest BCUT2D eigenvalue weighted by molar-refractivity contribution is -0.155. The SMILES string of the molecule is C#[N+][C@]12SCC(/C=C/C)=C(C(=O)O)N1C(=O)[C@H]2NC(=O)[C@H](N)c1ccc(O)cc1. The monoisotopic (exact) mass is 415 g/mol. The van der Waals surface area contributed by atoms with Crippen LogP contribution in [0.4, 0.5) is 0 Å². The van der Waals surface area contributed by atoms with E-state index < -0.39 is 34.9 Å². The van der Waals surface area contributed by atoms with Crippen LogP contribution in [0.5, 0.6) is 5.75 Å². The van der Waals surface area contributed by atoms with Crippen LogP contribution in [0.1, 0.15) is 18.5 Å². The molecule has 10 heteroatoms. The Bertz CT molecular complexity index is 981. The predicted molar refractivity (Wildman–Crippen MR) is 107 cm³/mol. The van der Waals surface area contributed by atoms with E-state index in [1.165, 1.54) is 24.3 Å². The first-order chi connectivity index (χ1) is 13.8. The highest BCUT2D eigenvalue weighted by Gasteiger charge is 2.75. The van der Waals surface area contributed by atoms with Gasteiger partial charge in [0.05, 0.1) is 0 Å². The van der Waals surface area contributed by atoms with Crippen LogP contribution in [0.3, 0.4) is 0 Å². The van der Waals surface area contributed by atoms with Crippen molar-refractivity contribution >= 4 is 29.5 Å². The van der Waals surface area contributed by atoms with Crippen molar-refractivity contribution in [2.45, 2.75) is 24.0 Å². The molecule has 3 atom stereocenters. The Labute approximate surface area is 170 Å². The number of rotatable bonds is 5. The molecule has 3 rings (SSSR count). The fourth-order valence-corrected chi connectivity index (χ4v) is 4.59. The lowest BCUT2D eigenvalue weighted by Crippen LogP contribution is -2.77. The lowest BCUT2D eigenvalue weighted by atomic mass is 9.97. The second kappa shape index (κ2) is 7.62. The molecule has 2 amide bonds. The highest BCUT2D eigenvalue weighted by Crippen LogP contribution is 2.50. The number of nitrogens with two attached hydrogens (primary N) is 1. The quantitative estimate of drug-likeness (QED) is 0.527. The summed E-state index contributed by atoms with van der Waals surface area (Å²) in [6, 6.07) is 3.49. The first-order valence-electron chi connectivity index (χ1n) is 8.61. The standard InChI is InChI=1S/C19H18N4O5S/c1-3-4-11-9-29-19(21-2)15(17(26)23(19)14(11)18(27)28)22-16(25)13(20)10-5-7-12(24)8-6-10/h2-8,13,15H,9,20H2,1H3,(H2-,22,24,25,27,28)/p+1/b4-3+/t13-,15-,19+/m1/s1. The van der Waals surface area contributed by atoms with Crippen LogP contribution in [0.2, 0.25) is 0 Å². The van der Waals surface area contributed by atoms with Gasteiger partial charge in [-0.1, -0.05) is 24.3 Å². The average Bonchev–Trinajstić information content (AvgIpc) is 2.71. The summed E-state index contributed by atoms with van der Waals surface area (Å²) in [6.07, 6.45) is 3.28. The Balaban J connectivity index is 1.87. The minimum Gasteiger partial charge on any atom is -0.508 e. The summed E-state index contributed by atoms with van der Waals surface area (Å²) in [4.78, 5) is 40.4. The van der Waals surface area contributed by atoms with Gasteiger partial charge in [-0.25, -0.2) is 9.69 Å². The van der Waals surface area contributed by atoms with Crippen molar-refractivity contribution in [1.29, 1.82) is 0 Å². The largest absolute Gasteiger partial charge is 0.508 e. The smallest absolute Gasteiger partial charge is 0.439 e. The summed E-state index contributed by atoms with van der Waals surface area (Å²) in [5.41, 5.74) is 6.62. The number of allylic oxidation sites excluding steroid dienone is 2. The summed E-state index contributed by atoms with van der Waals surface area (Å²) in [5, 5.41) is 21.5. The van der Waals surface area contributed by atoms with Crippen LogP contribution in [0.25, 0.3) is 4.85 Å². The number of fused-ring (bicyclic) bond motifs is 1. The van der Waals surface area contributed by atoms with E-state index >= 15 is 0 Å². The van der Waals surface area contributed by atoms with Crippen LogP contribution in [0, 0.1) is 6.57 Å². The van der Waals surface area contributed by atoms with Gasteiger partial charge in [-0.05, 0) is 46.8 Å². The van der Waals surface area contributed by atoms with Crippen molar-refractivity contribution < 1.29 is 24.6 Å². The normalized spacial score (nSPS) is 24.5. The maximum atomic E-state index is 12.8. The topological polar surface area (TPSA) is 137 Å². The van der Waals surface area contributed by atoms with Gasteiger partial charge >= 0.3 is 11.0 Å². The zero-order chi connectivity index (χ0) is 21.3. The molecule has 1 saturated heterocycles. The number of nitrogens with one attached hydrogen (secondary N) is 1. The van der Waals surface area contributed by atoms with Crippen molar-refractivity contribution in [3.05, 3.63) is 58.1 Å². The number of thioether (sulfide) groups is 1. The summed E-state index contributed by atoms with van der Waals surface area (Å²) in [5.74, 6) is -2.32. The third-order valence-corrected chi connectivity index (χ3v) is 6.11. The molecule has 1 aromatic carbocycles. The number of phenolic OH excluding ortho intramolecular Hbond substituents is 1. The molecule has 2 aliphatic rings. The van der Waals surface area contributed by atoms with Crippen molar-refractivity contribution in [3.8, 4) is 12.3 Å². The molecule has 0 spiro atoms. The zero-order valence-electron chi connectivity index (χ0n) is 15.4. The number of aliphatic carboxylic acids is 1. The third kappa shape index (κ3) is 3.24. The molecule has 2 aliphatic heterocycles. The third-order valence-electron chi connectivity index (χ3n) is 4.71. The van der Waals surface area contributed by atoms with Gasteiger partial charge in [-0.3, -0.25) is 9.59 Å². The van der Waals surface area contributed by atoms with E-state index in [-0.39, 0.29) is 17.2 Å². The molecule has 1 fully saturated rings. The van der Waals surface area contributed by atoms with Crippen LogP contribution >= 0.6 is 11.8 Å². The van der Waals surface area contributed by atoms with E-state index in [0.29, 0.717) is 11.1 Å². The first-order valence-corrected chi connectivity index (χ1v) is 9.59. The Morgan fingerprint density at radius 2 is 2.10 bits per heavy atom. The van der Waals surface area contributed by atoms with E-state index in [4.69, 9.17) is 12.3 Å². The van der Waals surface area contributed by atoms with Gasteiger partial charge in [0.2, 0.25) is 11.9 Å². The van der Waals surface area contributed by atoms with Crippen molar-refractivity contribution in [2.75, 3.05) is 5.75 Å². The minimum atomic E-state index is -1.46. The fourth-order valence-electron chi connectivity index (χ4n) is 3.28. The van der Waals surface area contributed by atoms with Crippen LogP contribution in [0.15, 0.2) is 47.7 Å². The molecule has 5 N–H and O–H groups in total. The van der Waals surface area contributed by atoms with Gasteiger partial charge in [0.25, 0.3) is 12.5 Å². The Morgan fingerprint density at radius 3 is 2.66 bits per heavy atom. The summed E-state index contributed by atoms with van der Waals surface area (Å²) in [7, 11) is 0. The summed E-state index contributed by atoms with van der Waals surface area (Å²) >= 11 is 1.15. The van der Waals surface area contributed by atoms with Crippen LogP contribution in [-0.4, -0.2) is 49.7 Å². The highest BCUT2D eigenvalue weighted by molar-refractivity contribution is 8.01.